The van der Waals surface area contributed by atoms with Crippen molar-refractivity contribution in [2.45, 2.75) is 25.7 Å². The number of nitrogens with one attached hydrogen (secondary N) is 2. The second-order valence-corrected chi connectivity index (χ2v) is 5.82. The van der Waals surface area contributed by atoms with E-state index in [1.165, 1.54) is 12.1 Å². The van der Waals surface area contributed by atoms with Gasteiger partial charge in [-0.05, 0) is 31.0 Å². The number of piperazine rings is 1. The van der Waals surface area contributed by atoms with Crippen LogP contribution in [0.3, 0.4) is 0 Å². The highest BCUT2D eigenvalue weighted by Crippen LogP contribution is 2.22. The quantitative estimate of drug-likeness (QED) is 0.821. The molecule has 1 aromatic rings. The molecule has 5 nitrogen and oxygen atoms in total. The zero-order valence-electron chi connectivity index (χ0n) is 13.5. The monoisotopic (exact) mass is 345 g/mol. The van der Waals surface area contributed by atoms with Crippen molar-refractivity contribution in [2.24, 2.45) is 0 Å². The van der Waals surface area contributed by atoms with Crippen molar-refractivity contribution in [1.29, 1.82) is 0 Å². The Morgan fingerprint density at radius 2 is 2.08 bits per heavy atom. The predicted molar refractivity (Wildman–Crippen MR) is 83.7 cm³/mol. The van der Waals surface area contributed by atoms with Gasteiger partial charge < -0.3 is 15.4 Å². The van der Waals surface area contributed by atoms with Gasteiger partial charge in [0.05, 0.1) is 6.54 Å². The summed E-state index contributed by atoms with van der Waals surface area (Å²) in [5.74, 6) is -0.288. The van der Waals surface area contributed by atoms with Gasteiger partial charge in [-0.2, -0.15) is 0 Å². The normalized spacial score (nSPS) is 19.1. The van der Waals surface area contributed by atoms with Crippen LogP contribution >= 0.6 is 0 Å². The van der Waals surface area contributed by atoms with E-state index in [1.807, 2.05) is 0 Å². The Morgan fingerprint density at radius 3 is 2.71 bits per heavy atom. The molecular weight excluding hydrogens is 323 g/mol. The largest absolute Gasteiger partial charge is 0.573 e. The maximum Gasteiger partial charge on any atom is 0.573 e. The van der Waals surface area contributed by atoms with Crippen molar-refractivity contribution in [3.05, 3.63) is 29.8 Å². The van der Waals surface area contributed by atoms with Gasteiger partial charge >= 0.3 is 6.36 Å². The maximum atomic E-state index is 12.1. The lowest BCUT2D eigenvalue weighted by molar-refractivity contribution is -0.274. The summed E-state index contributed by atoms with van der Waals surface area (Å²) in [4.78, 5) is 14.1. The molecule has 1 aliphatic heterocycles. The van der Waals surface area contributed by atoms with Gasteiger partial charge in [0, 0.05) is 32.2 Å². The Morgan fingerprint density at radius 1 is 1.38 bits per heavy atom. The van der Waals surface area contributed by atoms with Gasteiger partial charge in [0.25, 0.3) is 0 Å². The number of nitrogens with zero attached hydrogens (tertiary/aromatic N) is 1. The molecule has 2 rings (SSSR count). The molecule has 8 heteroatoms. The van der Waals surface area contributed by atoms with Gasteiger partial charge in [-0.25, -0.2) is 0 Å². The number of ether oxygens (including phenoxy) is 1. The summed E-state index contributed by atoms with van der Waals surface area (Å²) in [7, 11) is 0. The molecular formula is C16H22F3N3O2. The number of carbonyl (C=O) groups excluding carboxylic acids is 1. The molecule has 0 aromatic heterocycles. The van der Waals surface area contributed by atoms with Crippen molar-refractivity contribution in [2.75, 3.05) is 32.7 Å². The minimum absolute atomic E-state index is 0.0409. The van der Waals surface area contributed by atoms with Gasteiger partial charge in [-0.3, -0.25) is 9.69 Å². The van der Waals surface area contributed by atoms with Crippen LogP contribution in [0.25, 0.3) is 0 Å². The molecule has 134 valence electrons. The molecule has 2 N–H and O–H groups in total. The molecule has 1 fully saturated rings. The lowest BCUT2D eigenvalue weighted by atomic mass is 10.1. The smallest absolute Gasteiger partial charge is 0.406 e. The minimum atomic E-state index is -4.68. The SMILES string of the molecule is C[C@H]1CNCCN1CC(=O)NCCc1ccc(OC(F)(F)F)cc1. The summed E-state index contributed by atoms with van der Waals surface area (Å²) >= 11 is 0. The zero-order valence-corrected chi connectivity index (χ0v) is 13.5. The Bertz CT molecular complexity index is 534. The van der Waals surface area contributed by atoms with Gasteiger partial charge in [-0.1, -0.05) is 12.1 Å². The molecule has 0 aliphatic carbocycles. The van der Waals surface area contributed by atoms with Crippen LogP contribution < -0.4 is 15.4 Å². The highest BCUT2D eigenvalue weighted by molar-refractivity contribution is 5.78. The number of amides is 1. The molecule has 0 saturated carbocycles. The van der Waals surface area contributed by atoms with Crippen LogP contribution in [-0.2, 0) is 11.2 Å². The third kappa shape index (κ3) is 6.37. The summed E-state index contributed by atoms with van der Waals surface area (Å²) in [6, 6.07) is 5.99. The van der Waals surface area contributed by atoms with Gasteiger partial charge in [0.15, 0.2) is 0 Å². The molecule has 1 aromatic carbocycles. The molecule has 1 aliphatic rings. The number of carbonyl (C=O) groups is 1. The fourth-order valence-corrected chi connectivity index (χ4v) is 2.56. The molecule has 0 bridgehead atoms. The van der Waals surface area contributed by atoms with Crippen molar-refractivity contribution in [3.8, 4) is 5.75 Å². The van der Waals surface area contributed by atoms with Crippen molar-refractivity contribution < 1.29 is 22.7 Å². The Hall–Kier alpha value is -1.80. The van der Waals surface area contributed by atoms with Crippen LogP contribution in [-0.4, -0.2) is 55.9 Å². The maximum absolute atomic E-state index is 12.1. The molecule has 0 unspecified atom stereocenters. The van der Waals surface area contributed by atoms with E-state index in [-0.39, 0.29) is 11.7 Å². The highest BCUT2D eigenvalue weighted by Gasteiger charge is 2.30. The average molecular weight is 345 g/mol. The summed E-state index contributed by atoms with van der Waals surface area (Å²) in [5.41, 5.74) is 0.834. The summed E-state index contributed by atoms with van der Waals surface area (Å²) in [5, 5.41) is 6.11. The highest BCUT2D eigenvalue weighted by atomic mass is 19.4. The van der Waals surface area contributed by atoms with E-state index in [0.29, 0.717) is 25.6 Å². The number of rotatable bonds is 6. The van der Waals surface area contributed by atoms with Gasteiger partial charge in [0.1, 0.15) is 5.75 Å². The first-order chi connectivity index (χ1) is 11.3. The number of hydrogen-bond donors (Lipinski definition) is 2. The minimum Gasteiger partial charge on any atom is -0.406 e. The molecule has 0 spiro atoms. The molecule has 1 heterocycles. The van der Waals surface area contributed by atoms with Crippen LogP contribution in [0.2, 0.25) is 0 Å². The zero-order chi connectivity index (χ0) is 17.6. The first kappa shape index (κ1) is 18.5. The number of halogens is 3. The number of hydrogen-bond acceptors (Lipinski definition) is 4. The van der Waals surface area contributed by atoms with E-state index in [9.17, 15) is 18.0 Å². The Balaban J connectivity index is 1.70. The fourth-order valence-electron chi connectivity index (χ4n) is 2.56. The molecule has 0 radical (unpaired) electrons. The molecule has 1 atom stereocenters. The van der Waals surface area contributed by atoms with Crippen LogP contribution in [0.15, 0.2) is 24.3 Å². The number of benzene rings is 1. The summed E-state index contributed by atoms with van der Waals surface area (Å²) in [6.07, 6.45) is -4.13. The summed E-state index contributed by atoms with van der Waals surface area (Å²) in [6.45, 7) is 5.48. The van der Waals surface area contributed by atoms with E-state index < -0.39 is 6.36 Å². The van der Waals surface area contributed by atoms with E-state index in [2.05, 4.69) is 27.2 Å². The Kier molecular flexibility index (Phi) is 6.44. The van der Waals surface area contributed by atoms with Crippen LogP contribution in [0, 0.1) is 0 Å². The van der Waals surface area contributed by atoms with Crippen LogP contribution in [0.5, 0.6) is 5.75 Å². The fraction of sp³-hybridized carbons (Fsp3) is 0.562. The second-order valence-electron chi connectivity index (χ2n) is 5.82. The van der Waals surface area contributed by atoms with E-state index in [0.717, 1.165) is 25.2 Å². The van der Waals surface area contributed by atoms with Gasteiger partial charge in [0.2, 0.25) is 5.91 Å². The molecule has 24 heavy (non-hydrogen) atoms. The predicted octanol–water partition coefficient (Wildman–Crippen LogP) is 1.54. The molecule has 1 saturated heterocycles. The lowest BCUT2D eigenvalue weighted by Gasteiger charge is -2.33. The topological polar surface area (TPSA) is 53.6 Å². The van der Waals surface area contributed by atoms with E-state index in [4.69, 9.17) is 0 Å². The van der Waals surface area contributed by atoms with Crippen LogP contribution in [0.1, 0.15) is 12.5 Å². The average Bonchev–Trinajstić information content (AvgIpc) is 2.50. The van der Waals surface area contributed by atoms with Gasteiger partial charge in [-0.15, -0.1) is 13.2 Å². The van der Waals surface area contributed by atoms with Crippen molar-refractivity contribution >= 4 is 5.91 Å². The van der Waals surface area contributed by atoms with Crippen molar-refractivity contribution in [3.63, 3.8) is 0 Å². The van der Waals surface area contributed by atoms with E-state index >= 15 is 0 Å². The summed E-state index contributed by atoms with van der Waals surface area (Å²) < 4.78 is 40.0. The first-order valence-corrected chi connectivity index (χ1v) is 7.89. The van der Waals surface area contributed by atoms with E-state index in [1.54, 1.807) is 12.1 Å². The molecule has 1 amide bonds. The second kappa shape index (κ2) is 8.34. The number of alkyl halides is 3. The standard InChI is InChI=1S/C16H22F3N3O2/c1-12-10-20-8-9-22(12)11-15(23)21-7-6-13-2-4-14(5-3-13)24-16(17,18)19/h2-5,12,20H,6-11H2,1H3,(H,21,23)/t12-/m0/s1. The Labute approximate surface area is 139 Å². The third-order valence-corrected chi connectivity index (χ3v) is 3.88. The van der Waals surface area contributed by atoms with Crippen molar-refractivity contribution in [1.82, 2.24) is 15.5 Å². The van der Waals surface area contributed by atoms with Crippen LogP contribution in [0.4, 0.5) is 13.2 Å². The third-order valence-electron chi connectivity index (χ3n) is 3.88. The lowest BCUT2D eigenvalue weighted by Crippen LogP contribution is -2.52. The first-order valence-electron chi connectivity index (χ1n) is 7.89.